The van der Waals surface area contributed by atoms with Crippen LogP contribution in [0.3, 0.4) is 0 Å². The van der Waals surface area contributed by atoms with Crippen LogP contribution in [0.25, 0.3) is 0 Å². The molecule has 0 fully saturated rings. The molecule has 2 atom stereocenters. The number of aliphatic imine (C=N–C) groups is 1. The van der Waals surface area contributed by atoms with Crippen LogP contribution in [0.1, 0.15) is 10.4 Å². The predicted octanol–water partition coefficient (Wildman–Crippen LogP) is -2.07. The molecule has 0 aromatic heterocycles. The predicted molar refractivity (Wildman–Crippen MR) is 85.1 cm³/mol. The van der Waals surface area contributed by atoms with E-state index in [-0.39, 0.29) is 5.96 Å². The summed E-state index contributed by atoms with van der Waals surface area (Å²) in [5.74, 6) is -4.01. The Morgan fingerprint density at radius 3 is 2.54 bits per heavy atom. The number of carbonyl (C=O) groups excluding carboxylic acids is 4. The van der Waals surface area contributed by atoms with E-state index in [1.54, 1.807) is 30.3 Å². The van der Waals surface area contributed by atoms with Gasteiger partial charge in [-0.2, -0.15) is 4.99 Å². The number of nitrogens with one attached hydrogen (secondary N) is 1. The number of rotatable bonds is 5. The van der Waals surface area contributed by atoms with E-state index in [9.17, 15) is 24.3 Å². The number of hydrogen-bond donors (Lipinski definition) is 3. The van der Waals surface area contributed by atoms with Gasteiger partial charge in [0.05, 0.1) is 0 Å². The lowest BCUT2D eigenvalue weighted by atomic mass is 10.1. The number of aliphatic hydroxyl groups excluding tert-OH is 1. The molecule has 1 heterocycles. The van der Waals surface area contributed by atoms with Crippen molar-refractivity contribution in [2.24, 2.45) is 10.7 Å². The fourth-order valence-corrected chi connectivity index (χ4v) is 2.05. The van der Waals surface area contributed by atoms with Gasteiger partial charge in [-0.3, -0.25) is 9.59 Å². The highest BCUT2D eigenvalue weighted by molar-refractivity contribution is 6.04. The third kappa shape index (κ3) is 4.33. The second kappa shape index (κ2) is 8.07. The highest BCUT2D eigenvalue weighted by atomic mass is 17.2. The number of guanidine groups is 1. The monoisotopic (exact) mass is 364 g/mol. The Balaban J connectivity index is 1.77. The van der Waals surface area contributed by atoms with Gasteiger partial charge in [-0.05, 0) is 12.1 Å². The van der Waals surface area contributed by atoms with Crippen molar-refractivity contribution in [1.82, 2.24) is 10.2 Å². The van der Waals surface area contributed by atoms with E-state index < -0.39 is 42.4 Å². The molecule has 1 aliphatic heterocycles. The molecule has 2 rings (SSSR count). The minimum absolute atomic E-state index is 0.174. The SMILES string of the molecule is CN1C(N)=NC(=O)C1C(O)C(=O)OOC(=O)CNC(=O)c1ccccc1. The molecule has 11 nitrogen and oxygen atoms in total. The van der Waals surface area contributed by atoms with Crippen LogP contribution < -0.4 is 11.1 Å². The Bertz CT molecular complexity index is 750. The summed E-state index contributed by atoms with van der Waals surface area (Å²) in [6.07, 6.45) is -1.97. The number of aliphatic hydroxyl groups is 1. The zero-order chi connectivity index (χ0) is 19.3. The third-order valence-electron chi connectivity index (χ3n) is 3.44. The Labute approximate surface area is 147 Å². The third-order valence-corrected chi connectivity index (χ3v) is 3.44. The first-order valence-corrected chi connectivity index (χ1v) is 7.34. The summed E-state index contributed by atoms with van der Waals surface area (Å²) >= 11 is 0. The maximum Gasteiger partial charge on any atom is 0.386 e. The molecular weight excluding hydrogens is 348 g/mol. The molecule has 0 saturated carbocycles. The smallest absolute Gasteiger partial charge is 0.379 e. The van der Waals surface area contributed by atoms with Gasteiger partial charge in [-0.15, -0.1) is 0 Å². The molecule has 0 aliphatic carbocycles. The van der Waals surface area contributed by atoms with Crippen LogP contribution in [0.2, 0.25) is 0 Å². The van der Waals surface area contributed by atoms with Gasteiger partial charge in [0.15, 0.2) is 12.1 Å². The Hall–Kier alpha value is -3.47. The van der Waals surface area contributed by atoms with E-state index in [1.807, 2.05) is 0 Å². The molecule has 0 spiro atoms. The minimum Gasteiger partial charge on any atom is -0.379 e. The zero-order valence-corrected chi connectivity index (χ0v) is 13.6. The number of carbonyl (C=O) groups is 4. The van der Waals surface area contributed by atoms with E-state index >= 15 is 0 Å². The summed E-state index contributed by atoms with van der Waals surface area (Å²) in [4.78, 5) is 59.3. The number of amides is 2. The molecule has 2 unspecified atom stereocenters. The molecule has 0 bridgehead atoms. The molecule has 0 radical (unpaired) electrons. The normalized spacial score (nSPS) is 17.3. The van der Waals surface area contributed by atoms with Crippen molar-refractivity contribution < 1.29 is 34.1 Å². The van der Waals surface area contributed by atoms with Crippen molar-refractivity contribution in [3.8, 4) is 0 Å². The molecule has 1 aromatic carbocycles. The van der Waals surface area contributed by atoms with Gasteiger partial charge in [0.25, 0.3) is 11.8 Å². The van der Waals surface area contributed by atoms with Crippen LogP contribution in [-0.2, 0) is 24.2 Å². The van der Waals surface area contributed by atoms with Gasteiger partial charge >= 0.3 is 11.9 Å². The lowest BCUT2D eigenvalue weighted by molar-refractivity contribution is -0.264. The van der Waals surface area contributed by atoms with Crippen molar-refractivity contribution in [2.75, 3.05) is 13.6 Å². The number of nitrogens with zero attached hydrogens (tertiary/aromatic N) is 2. The first-order chi connectivity index (χ1) is 12.3. The van der Waals surface area contributed by atoms with Crippen LogP contribution in [-0.4, -0.2) is 65.5 Å². The van der Waals surface area contributed by atoms with Crippen LogP contribution in [0, 0.1) is 0 Å². The van der Waals surface area contributed by atoms with Crippen molar-refractivity contribution in [3.63, 3.8) is 0 Å². The summed E-state index contributed by atoms with van der Waals surface area (Å²) in [5, 5.41) is 12.1. The molecule has 11 heteroatoms. The largest absolute Gasteiger partial charge is 0.386 e. The lowest BCUT2D eigenvalue weighted by Gasteiger charge is -2.22. The second-order valence-corrected chi connectivity index (χ2v) is 5.22. The molecule has 0 saturated heterocycles. The molecule has 4 N–H and O–H groups in total. The molecule has 2 amide bonds. The van der Waals surface area contributed by atoms with E-state index in [2.05, 4.69) is 20.1 Å². The maximum absolute atomic E-state index is 11.7. The molecule has 1 aromatic rings. The quantitative estimate of drug-likeness (QED) is 0.394. The summed E-state index contributed by atoms with van der Waals surface area (Å²) < 4.78 is 0. The molecule has 1 aliphatic rings. The van der Waals surface area contributed by atoms with Gasteiger partial charge in [0, 0.05) is 12.6 Å². The molecular formula is C15H16N4O7. The average Bonchev–Trinajstić information content (AvgIpc) is 2.89. The summed E-state index contributed by atoms with van der Waals surface area (Å²) in [6.45, 7) is -0.574. The Morgan fingerprint density at radius 2 is 1.96 bits per heavy atom. The van der Waals surface area contributed by atoms with Gasteiger partial charge in [-0.25, -0.2) is 19.4 Å². The number of benzene rings is 1. The van der Waals surface area contributed by atoms with Gasteiger partial charge in [0.1, 0.15) is 12.6 Å². The van der Waals surface area contributed by atoms with E-state index in [0.29, 0.717) is 5.56 Å². The van der Waals surface area contributed by atoms with E-state index in [4.69, 9.17) is 5.73 Å². The number of nitrogens with two attached hydrogens (primary N) is 1. The standard InChI is InChI=1S/C15H16N4O7/c1-19-10(13(23)18-15(19)16)11(21)14(24)26-25-9(20)7-17-12(22)8-5-3-2-4-6-8/h2-6,10-11,21H,7H2,1H3,(H,17,22)(H2,16,18,23). The fraction of sp³-hybridized carbons (Fsp3) is 0.267. The highest BCUT2D eigenvalue weighted by Gasteiger charge is 2.42. The van der Waals surface area contributed by atoms with E-state index in [0.717, 1.165) is 4.90 Å². The van der Waals surface area contributed by atoms with Gasteiger partial charge < -0.3 is 21.1 Å². The maximum atomic E-state index is 11.7. The van der Waals surface area contributed by atoms with Crippen molar-refractivity contribution in [3.05, 3.63) is 35.9 Å². The number of hydrogen-bond acceptors (Lipinski definition) is 9. The highest BCUT2D eigenvalue weighted by Crippen LogP contribution is 2.13. The van der Waals surface area contributed by atoms with Gasteiger partial charge in [-0.1, -0.05) is 18.2 Å². The first kappa shape index (κ1) is 18.9. The molecule has 138 valence electrons. The van der Waals surface area contributed by atoms with Crippen molar-refractivity contribution in [1.29, 1.82) is 0 Å². The summed E-state index contributed by atoms with van der Waals surface area (Å²) in [5.41, 5.74) is 5.73. The lowest BCUT2D eigenvalue weighted by Crippen LogP contribution is -2.49. The van der Waals surface area contributed by atoms with Crippen molar-refractivity contribution in [2.45, 2.75) is 12.1 Å². The Kier molecular flexibility index (Phi) is 5.86. The van der Waals surface area contributed by atoms with Gasteiger partial charge in [0.2, 0.25) is 0 Å². The topological polar surface area (TPSA) is 161 Å². The van der Waals surface area contributed by atoms with Crippen molar-refractivity contribution >= 4 is 29.7 Å². The van der Waals surface area contributed by atoms with Crippen LogP contribution >= 0.6 is 0 Å². The molecule has 26 heavy (non-hydrogen) atoms. The fourth-order valence-electron chi connectivity index (χ4n) is 2.05. The summed E-state index contributed by atoms with van der Waals surface area (Å²) in [6, 6.07) is 6.72. The zero-order valence-electron chi connectivity index (χ0n) is 13.6. The number of likely N-dealkylation sites (N-methyl/N-ethyl adjacent to an activating group) is 1. The van der Waals surface area contributed by atoms with Crippen LogP contribution in [0.4, 0.5) is 0 Å². The second-order valence-electron chi connectivity index (χ2n) is 5.22. The minimum atomic E-state index is -1.97. The summed E-state index contributed by atoms with van der Waals surface area (Å²) in [7, 11) is 1.34. The van der Waals surface area contributed by atoms with Crippen LogP contribution in [0.15, 0.2) is 35.3 Å². The Morgan fingerprint density at radius 1 is 1.31 bits per heavy atom. The average molecular weight is 364 g/mol. The first-order valence-electron chi connectivity index (χ1n) is 7.34. The van der Waals surface area contributed by atoms with Crippen LogP contribution in [0.5, 0.6) is 0 Å². The van der Waals surface area contributed by atoms with E-state index in [1.165, 1.54) is 7.05 Å².